The molecule has 0 aliphatic carbocycles. The molecule has 1 heterocycles. The summed E-state index contributed by atoms with van der Waals surface area (Å²) in [5.41, 5.74) is 5.67. The predicted molar refractivity (Wildman–Crippen MR) is 71.7 cm³/mol. The Kier molecular flexibility index (Phi) is 3.65. The molecule has 20 heavy (non-hydrogen) atoms. The minimum absolute atomic E-state index is 0.0746. The van der Waals surface area contributed by atoms with Crippen molar-refractivity contribution in [1.29, 1.82) is 0 Å². The zero-order chi connectivity index (χ0) is 14.7. The molecule has 1 aromatic carbocycles. The van der Waals surface area contributed by atoms with Crippen molar-refractivity contribution in [2.75, 3.05) is 0 Å². The number of aromatic nitrogens is 1. The number of carbonyl (C=O) groups excluding carboxylic acids is 1. The monoisotopic (exact) mass is 272 g/mol. The molecule has 0 aliphatic rings. The highest BCUT2D eigenvalue weighted by atomic mass is 16.4. The maximum absolute atomic E-state index is 11.8. The topological polar surface area (TPSA) is 102 Å². The second kappa shape index (κ2) is 5.40. The first-order valence-electron chi connectivity index (χ1n) is 5.80. The SMILES string of the molecule is NC(=O)c1ccccc1Cn1ccc(C(=O)O)cc1=O. The highest BCUT2D eigenvalue weighted by Gasteiger charge is 2.09. The van der Waals surface area contributed by atoms with Gasteiger partial charge in [0.1, 0.15) is 0 Å². The molecule has 0 aliphatic heterocycles. The number of amides is 1. The molecule has 102 valence electrons. The number of pyridine rings is 1. The second-order valence-electron chi connectivity index (χ2n) is 4.21. The first kappa shape index (κ1) is 13.5. The maximum Gasteiger partial charge on any atom is 0.335 e. The number of rotatable bonds is 4. The smallest absolute Gasteiger partial charge is 0.335 e. The standard InChI is InChI=1S/C14H12N2O4/c15-13(18)11-4-2-1-3-10(11)8-16-6-5-9(14(19)20)7-12(16)17/h1-7H,8H2,(H2,15,18)(H,19,20). The fourth-order valence-corrected chi connectivity index (χ4v) is 1.85. The number of nitrogens with two attached hydrogens (primary N) is 1. The molecule has 3 N–H and O–H groups in total. The third kappa shape index (κ3) is 2.74. The van der Waals surface area contributed by atoms with Crippen molar-refractivity contribution >= 4 is 11.9 Å². The van der Waals surface area contributed by atoms with E-state index in [-0.39, 0.29) is 12.1 Å². The van der Waals surface area contributed by atoms with Gasteiger partial charge in [-0.15, -0.1) is 0 Å². The van der Waals surface area contributed by atoms with Crippen LogP contribution in [0.2, 0.25) is 0 Å². The van der Waals surface area contributed by atoms with Gasteiger partial charge < -0.3 is 15.4 Å². The molecule has 0 unspecified atom stereocenters. The van der Waals surface area contributed by atoms with Gasteiger partial charge in [-0.2, -0.15) is 0 Å². The van der Waals surface area contributed by atoms with E-state index >= 15 is 0 Å². The third-order valence-electron chi connectivity index (χ3n) is 2.87. The lowest BCUT2D eigenvalue weighted by molar-refractivity contribution is 0.0696. The molecule has 1 amide bonds. The molecule has 6 heteroatoms. The fourth-order valence-electron chi connectivity index (χ4n) is 1.85. The van der Waals surface area contributed by atoms with E-state index in [0.29, 0.717) is 11.1 Å². The van der Waals surface area contributed by atoms with E-state index in [1.165, 1.54) is 16.8 Å². The summed E-state index contributed by atoms with van der Waals surface area (Å²) in [4.78, 5) is 33.9. The fraction of sp³-hybridized carbons (Fsp3) is 0.0714. The minimum Gasteiger partial charge on any atom is -0.478 e. The molecule has 0 radical (unpaired) electrons. The van der Waals surface area contributed by atoms with Gasteiger partial charge in [0.25, 0.3) is 5.56 Å². The molecule has 0 spiro atoms. The Balaban J connectivity index is 2.38. The zero-order valence-electron chi connectivity index (χ0n) is 10.4. The molecule has 2 aromatic rings. The van der Waals surface area contributed by atoms with Crippen molar-refractivity contribution in [3.05, 3.63) is 69.6 Å². The van der Waals surface area contributed by atoms with E-state index < -0.39 is 17.4 Å². The minimum atomic E-state index is -1.16. The van der Waals surface area contributed by atoms with Gasteiger partial charge in [0.2, 0.25) is 5.91 Å². The molecule has 1 aromatic heterocycles. The van der Waals surface area contributed by atoms with Crippen LogP contribution in [0.1, 0.15) is 26.3 Å². The molecular weight excluding hydrogens is 260 g/mol. The summed E-state index contributed by atoms with van der Waals surface area (Å²) in [6.07, 6.45) is 1.38. The average Bonchev–Trinajstić information content (AvgIpc) is 2.41. The Bertz CT molecular complexity index is 734. The Morgan fingerprint density at radius 2 is 1.90 bits per heavy atom. The number of carboxylic acid groups (broad SMARTS) is 1. The van der Waals surface area contributed by atoms with Crippen LogP contribution in [0.25, 0.3) is 0 Å². The molecule has 0 fully saturated rings. The van der Waals surface area contributed by atoms with Crippen LogP contribution in [0.4, 0.5) is 0 Å². The summed E-state index contributed by atoms with van der Waals surface area (Å²) in [6, 6.07) is 9.05. The van der Waals surface area contributed by atoms with Crippen LogP contribution in [0.15, 0.2) is 47.4 Å². The van der Waals surface area contributed by atoms with Crippen molar-refractivity contribution in [3.63, 3.8) is 0 Å². The predicted octanol–water partition coefficient (Wildman–Crippen LogP) is 0.694. The number of carboxylic acids is 1. The van der Waals surface area contributed by atoms with Crippen LogP contribution in [0, 0.1) is 0 Å². The highest BCUT2D eigenvalue weighted by Crippen LogP contribution is 2.09. The zero-order valence-corrected chi connectivity index (χ0v) is 10.4. The van der Waals surface area contributed by atoms with Crippen molar-refractivity contribution in [2.24, 2.45) is 5.73 Å². The van der Waals surface area contributed by atoms with E-state index in [1.807, 2.05) is 0 Å². The van der Waals surface area contributed by atoms with Gasteiger partial charge in [-0.25, -0.2) is 4.79 Å². The van der Waals surface area contributed by atoms with Crippen molar-refractivity contribution < 1.29 is 14.7 Å². The van der Waals surface area contributed by atoms with Gasteiger partial charge in [0.05, 0.1) is 12.1 Å². The Labute approximate surface area is 114 Å². The van der Waals surface area contributed by atoms with Crippen LogP contribution >= 0.6 is 0 Å². The lowest BCUT2D eigenvalue weighted by Gasteiger charge is -2.09. The average molecular weight is 272 g/mol. The summed E-state index contributed by atoms with van der Waals surface area (Å²) in [6.45, 7) is 0.151. The molecule has 2 rings (SSSR count). The van der Waals surface area contributed by atoms with Gasteiger partial charge in [0.15, 0.2) is 0 Å². The summed E-state index contributed by atoms with van der Waals surface area (Å²) < 4.78 is 1.31. The number of carbonyl (C=O) groups is 2. The van der Waals surface area contributed by atoms with Gasteiger partial charge in [0, 0.05) is 17.8 Å². The van der Waals surface area contributed by atoms with Crippen molar-refractivity contribution in [1.82, 2.24) is 4.57 Å². The van der Waals surface area contributed by atoms with Crippen LogP contribution in [-0.2, 0) is 6.54 Å². The summed E-state index contributed by atoms with van der Waals surface area (Å²) in [5.74, 6) is -1.73. The molecule has 0 bridgehead atoms. The van der Waals surface area contributed by atoms with E-state index in [2.05, 4.69) is 0 Å². The van der Waals surface area contributed by atoms with E-state index in [0.717, 1.165) is 6.07 Å². The number of primary amides is 1. The summed E-state index contributed by atoms with van der Waals surface area (Å²) >= 11 is 0. The van der Waals surface area contributed by atoms with Crippen LogP contribution in [0.5, 0.6) is 0 Å². The lowest BCUT2D eigenvalue weighted by Crippen LogP contribution is -2.22. The first-order chi connectivity index (χ1) is 9.49. The van der Waals surface area contributed by atoms with Gasteiger partial charge in [-0.05, 0) is 17.7 Å². The van der Waals surface area contributed by atoms with Crippen LogP contribution in [0.3, 0.4) is 0 Å². The van der Waals surface area contributed by atoms with Gasteiger partial charge in [-0.1, -0.05) is 18.2 Å². The highest BCUT2D eigenvalue weighted by molar-refractivity contribution is 5.94. The third-order valence-corrected chi connectivity index (χ3v) is 2.87. The number of hydrogen-bond donors (Lipinski definition) is 2. The molecule has 6 nitrogen and oxygen atoms in total. The van der Waals surface area contributed by atoms with Crippen LogP contribution < -0.4 is 11.3 Å². The Morgan fingerprint density at radius 3 is 2.50 bits per heavy atom. The normalized spacial score (nSPS) is 10.2. The Hall–Kier alpha value is -2.89. The van der Waals surface area contributed by atoms with Gasteiger partial charge in [-0.3, -0.25) is 9.59 Å². The van der Waals surface area contributed by atoms with E-state index in [4.69, 9.17) is 10.8 Å². The molecular formula is C14H12N2O4. The molecule has 0 atom stereocenters. The maximum atomic E-state index is 11.8. The lowest BCUT2D eigenvalue weighted by atomic mass is 10.1. The quantitative estimate of drug-likeness (QED) is 0.854. The molecule has 0 saturated carbocycles. The number of hydrogen-bond acceptors (Lipinski definition) is 3. The first-order valence-corrected chi connectivity index (χ1v) is 5.80. The largest absolute Gasteiger partial charge is 0.478 e. The van der Waals surface area contributed by atoms with E-state index in [9.17, 15) is 14.4 Å². The van der Waals surface area contributed by atoms with Crippen LogP contribution in [-0.4, -0.2) is 21.6 Å². The second-order valence-corrected chi connectivity index (χ2v) is 4.21. The number of nitrogens with zero attached hydrogens (tertiary/aromatic N) is 1. The van der Waals surface area contributed by atoms with E-state index in [1.54, 1.807) is 24.3 Å². The summed E-state index contributed by atoms with van der Waals surface area (Å²) in [5, 5.41) is 8.80. The Morgan fingerprint density at radius 1 is 1.20 bits per heavy atom. The molecule has 0 saturated heterocycles. The van der Waals surface area contributed by atoms with Gasteiger partial charge >= 0.3 is 5.97 Å². The number of aromatic carboxylic acids is 1. The van der Waals surface area contributed by atoms with Crippen molar-refractivity contribution in [2.45, 2.75) is 6.54 Å². The summed E-state index contributed by atoms with van der Waals surface area (Å²) in [7, 11) is 0. The van der Waals surface area contributed by atoms with Crippen molar-refractivity contribution in [3.8, 4) is 0 Å². The number of benzene rings is 1.